The normalized spacial score (nSPS) is 15.4. The van der Waals surface area contributed by atoms with Crippen molar-refractivity contribution in [2.45, 2.75) is 6.92 Å². The maximum Gasteiger partial charge on any atom is 0.248 e. The van der Waals surface area contributed by atoms with Gasteiger partial charge in [0, 0.05) is 37.9 Å². The summed E-state index contributed by atoms with van der Waals surface area (Å²) in [5, 5.41) is 3.53. The van der Waals surface area contributed by atoms with Gasteiger partial charge in [-0.15, -0.1) is 0 Å². The third-order valence-corrected chi connectivity index (χ3v) is 4.90. The Balaban J connectivity index is 1.60. The summed E-state index contributed by atoms with van der Waals surface area (Å²) in [6, 6.07) is 15.4. The molecule has 1 aliphatic heterocycles. The Hall–Kier alpha value is -2.30. The van der Waals surface area contributed by atoms with E-state index in [9.17, 15) is 4.79 Å². The van der Waals surface area contributed by atoms with Crippen molar-refractivity contribution >= 4 is 35.0 Å². The van der Waals surface area contributed by atoms with Crippen molar-refractivity contribution in [1.82, 2.24) is 4.90 Å². The molecule has 0 aromatic heterocycles. The number of amides is 1. The van der Waals surface area contributed by atoms with Gasteiger partial charge in [-0.3, -0.25) is 4.79 Å². The van der Waals surface area contributed by atoms with Crippen LogP contribution in [0.2, 0.25) is 5.02 Å². The number of nitrogens with zero attached hydrogens (tertiary/aromatic N) is 2. The predicted octanol–water partition coefficient (Wildman–Crippen LogP) is 4.13. The minimum absolute atomic E-state index is 0.172. The molecule has 0 aliphatic carbocycles. The highest BCUT2D eigenvalue weighted by atomic mass is 35.5. The van der Waals surface area contributed by atoms with E-state index >= 15 is 0 Å². The fraction of sp³-hybridized carbons (Fsp3) is 0.286. The van der Waals surface area contributed by atoms with Gasteiger partial charge in [-0.05, 0) is 36.4 Å². The molecule has 3 rings (SSSR count). The van der Waals surface area contributed by atoms with Crippen molar-refractivity contribution in [3.63, 3.8) is 0 Å². The summed E-state index contributed by atoms with van der Waals surface area (Å²) >= 11 is 6.46. The number of anilines is 2. The summed E-state index contributed by atoms with van der Waals surface area (Å²) in [6.45, 7) is 7.32. The van der Waals surface area contributed by atoms with Crippen LogP contribution in [0.25, 0.3) is 6.08 Å². The van der Waals surface area contributed by atoms with Crippen LogP contribution in [0.15, 0.2) is 54.6 Å². The smallest absolute Gasteiger partial charge is 0.248 e. The summed E-state index contributed by atoms with van der Waals surface area (Å²) in [5.41, 5.74) is 2.72. The highest BCUT2D eigenvalue weighted by Gasteiger charge is 2.18. The number of likely N-dealkylation sites (N-methyl/N-ethyl adjacent to an activating group) is 1. The van der Waals surface area contributed by atoms with Gasteiger partial charge in [0.25, 0.3) is 0 Å². The molecule has 1 N–H and O–H groups in total. The number of carbonyl (C=O) groups is 1. The van der Waals surface area contributed by atoms with E-state index < -0.39 is 0 Å². The lowest BCUT2D eigenvalue weighted by Crippen LogP contribution is -2.46. The van der Waals surface area contributed by atoms with Gasteiger partial charge in [0.1, 0.15) is 0 Å². The third-order valence-electron chi connectivity index (χ3n) is 4.60. The zero-order chi connectivity index (χ0) is 18.4. The van der Waals surface area contributed by atoms with Crippen LogP contribution in [-0.2, 0) is 4.79 Å². The predicted molar refractivity (Wildman–Crippen MR) is 110 cm³/mol. The summed E-state index contributed by atoms with van der Waals surface area (Å²) in [6.07, 6.45) is 3.32. The number of nitrogens with one attached hydrogen (secondary N) is 1. The van der Waals surface area contributed by atoms with Crippen LogP contribution < -0.4 is 10.2 Å². The molecule has 0 bridgehead atoms. The van der Waals surface area contributed by atoms with E-state index in [-0.39, 0.29) is 5.91 Å². The van der Waals surface area contributed by atoms with Crippen molar-refractivity contribution in [2.24, 2.45) is 0 Å². The molecule has 0 radical (unpaired) electrons. The zero-order valence-corrected chi connectivity index (χ0v) is 15.7. The molecule has 2 aromatic carbocycles. The fourth-order valence-corrected chi connectivity index (χ4v) is 3.37. The van der Waals surface area contributed by atoms with Gasteiger partial charge in [0.15, 0.2) is 0 Å². The standard InChI is InChI=1S/C21H24ClN3O/c1-2-24-12-14-25(15-13-24)20-10-9-18(16-19(20)22)23-21(26)11-8-17-6-4-3-5-7-17/h3-11,16H,2,12-15H2,1H3,(H,23,26)/b11-8+. The topological polar surface area (TPSA) is 35.6 Å². The number of carbonyl (C=O) groups excluding carboxylic acids is 1. The van der Waals surface area contributed by atoms with E-state index in [2.05, 4.69) is 22.0 Å². The second-order valence-electron chi connectivity index (χ2n) is 6.32. The number of piperazine rings is 1. The number of benzene rings is 2. The number of hydrogen-bond acceptors (Lipinski definition) is 3. The van der Waals surface area contributed by atoms with Crippen molar-refractivity contribution in [3.05, 3.63) is 65.2 Å². The molecule has 136 valence electrons. The van der Waals surface area contributed by atoms with Crippen LogP contribution in [0.1, 0.15) is 12.5 Å². The van der Waals surface area contributed by atoms with Gasteiger partial charge in [0.05, 0.1) is 10.7 Å². The molecular weight excluding hydrogens is 346 g/mol. The third kappa shape index (κ3) is 4.87. The minimum atomic E-state index is -0.172. The average molecular weight is 370 g/mol. The Bertz CT molecular complexity index is 768. The van der Waals surface area contributed by atoms with Gasteiger partial charge in [0.2, 0.25) is 5.91 Å². The molecule has 2 aromatic rings. The van der Waals surface area contributed by atoms with E-state index in [1.807, 2.05) is 48.5 Å². The van der Waals surface area contributed by atoms with Crippen LogP contribution in [0, 0.1) is 0 Å². The molecule has 0 unspecified atom stereocenters. The summed E-state index contributed by atoms with van der Waals surface area (Å²) in [7, 11) is 0. The Morgan fingerprint density at radius 2 is 1.85 bits per heavy atom. The van der Waals surface area contributed by atoms with E-state index in [0.717, 1.165) is 44.0 Å². The van der Waals surface area contributed by atoms with Crippen molar-refractivity contribution in [3.8, 4) is 0 Å². The zero-order valence-electron chi connectivity index (χ0n) is 15.0. The molecule has 1 amide bonds. The van der Waals surface area contributed by atoms with Gasteiger partial charge in [-0.2, -0.15) is 0 Å². The SMILES string of the molecule is CCN1CCN(c2ccc(NC(=O)/C=C/c3ccccc3)cc2Cl)CC1. The Morgan fingerprint density at radius 3 is 2.50 bits per heavy atom. The molecule has 0 spiro atoms. The van der Waals surface area contributed by atoms with Crippen molar-refractivity contribution in [1.29, 1.82) is 0 Å². The van der Waals surface area contributed by atoms with Crippen molar-refractivity contribution < 1.29 is 4.79 Å². The molecule has 4 nitrogen and oxygen atoms in total. The second kappa shape index (κ2) is 8.88. The first-order chi connectivity index (χ1) is 12.7. The van der Waals surface area contributed by atoms with E-state index in [0.29, 0.717) is 10.7 Å². The Morgan fingerprint density at radius 1 is 1.12 bits per heavy atom. The van der Waals surface area contributed by atoms with E-state index in [1.54, 1.807) is 6.08 Å². The average Bonchev–Trinajstić information content (AvgIpc) is 2.67. The molecule has 5 heteroatoms. The molecule has 1 fully saturated rings. The molecule has 26 heavy (non-hydrogen) atoms. The summed E-state index contributed by atoms with van der Waals surface area (Å²) < 4.78 is 0. The van der Waals surface area contributed by atoms with Crippen LogP contribution in [0.3, 0.4) is 0 Å². The highest BCUT2D eigenvalue weighted by molar-refractivity contribution is 6.33. The number of halogens is 1. The Kier molecular flexibility index (Phi) is 6.31. The van der Waals surface area contributed by atoms with Crippen LogP contribution in [0.5, 0.6) is 0 Å². The number of hydrogen-bond donors (Lipinski definition) is 1. The molecule has 1 heterocycles. The minimum Gasteiger partial charge on any atom is -0.368 e. The quantitative estimate of drug-likeness (QED) is 0.805. The second-order valence-corrected chi connectivity index (χ2v) is 6.73. The summed E-state index contributed by atoms with van der Waals surface area (Å²) in [5.74, 6) is -0.172. The molecular formula is C21H24ClN3O. The van der Waals surface area contributed by atoms with Crippen LogP contribution >= 0.6 is 11.6 Å². The molecule has 0 saturated carbocycles. The van der Waals surface area contributed by atoms with E-state index in [4.69, 9.17) is 11.6 Å². The highest BCUT2D eigenvalue weighted by Crippen LogP contribution is 2.29. The van der Waals surface area contributed by atoms with Gasteiger partial charge in [-0.1, -0.05) is 48.9 Å². The lowest BCUT2D eigenvalue weighted by Gasteiger charge is -2.36. The lowest BCUT2D eigenvalue weighted by molar-refractivity contribution is -0.111. The van der Waals surface area contributed by atoms with Gasteiger partial charge < -0.3 is 15.1 Å². The fourth-order valence-electron chi connectivity index (χ4n) is 3.07. The Labute approximate surface area is 160 Å². The van der Waals surface area contributed by atoms with Crippen molar-refractivity contribution in [2.75, 3.05) is 42.9 Å². The summed E-state index contributed by atoms with van der Waals surface area (Å²) in [4.78, 5) is 16.8. The van der Waals surface area contributed by atoms with Crippen LogP contribution in [0.4, 0.5) is 11.4 Å². The van der Waals surface area contributed by atoms with E-state index in [1.165, 1.54) is 6.08 Å². The van der Waals surface area contributed by atoms with Gasteiger partial charge in [-0.25, -0.2) is 0 Å². The molecule has 0 atom stereocenters. The molecule has 1 aliphatic rings. The number of rotatable bonds is 5. The maximum absolute atomic E-state index is 12.1. The lowest BCUT2D eigenvalue weighted by atomic mass is 10.2. The largest absolute Gasteiger partial charge is 0.368 e. The maximum atomic E-state index is 12.1. The first-order valence-electron chi connectivity index (χ1n) is 8.96. The van der Waals surface area contributed by atoms with Crippen LogP contribution in [-0.4, -0.2) is 43.5 Å². The van der Waals surface area contributed by atoms with Gasteiger partial charge >= 0.3 is 0 Å². The first kappa shape index (κ1) is 18.5. The monoisotopic (exact) mass is 369 g/mol. The first-order valence-corrected chi connectivity index (χ1v) is 9.34. The molecule has 1 saturated heterocycles.